The molecule has 2 rings (SSSR count). The highest BCUT2D eigenvalue weighted by atomic mass is 32.2. The van der Waals surface area contributed by atoms with E-state index in [1.165, 1.54) is 0 Å². The number of amides is 1. The predicted molar refractivity (Wildman–Crippen MR) is 139 cm³/mol. The van der Waals surface area contributed by atoms with E-state index in [4.69, 9.17) is 9.47 Å². The quantitative estimate of drug-likeness (QED) is 0.288. The Kier molecular flexibility index (Phi) is 13.4. The first-order valence-corrected chi connectivity index (χ1v) is 13.7. The molecule has 1 unspecified atom stereocenters. The van der Waals surface area contributed by atoms with Gasteiger partial charge in [0, 0.05) is 17.9 Å². The lowest BCUT2D eigenvalue weighted by atomic mass is 9.99. The van der Waals surface area contributed by atoms with E-state index >= 15 is 0 Å². The average molecular weight is 504 g/mol. The largest absolute Gasteiger partial charge is 0.462 e. The van der Waals surface area contributed by atoms with Gasteiger partial charge in [0.15, 0.2) is 0 Å². The Labute approximate surface area is 210 Å². The van der Waals surface area contributed by atoms with Crippen LogP contribution in [0.25, 0.3) is 0 Å². The number of nitrogens with one attached hydrogen (secondary N) is 1. The van der Waals surface area contributed by atoms with Crippen LogP contribution in [0.3, 0.4) is 0 Å². The molecule has 0 aromatic heterocycles. The van der Waals surface area contributed by atoms with Crippen LogP contribution in [-0.4, -0.2) is 60.6 Å². The van der Waals surface area contributed by atoms with Crippen LogP contribution in [0.5, 0.6) is 0 Å². The number of carbonyl (C=O) groups is 3. The summed E-state index contributed by atoms with van der Waals surface area (Å²) < 4.78 is 10.5. The monoisotopic (exact) mass is 503 g/mol. The van der Waals surface area contributed by atoms with Crippen LogP contribution in [0.4, 0.5) is 0 Å². The van der Waals surface area contributed by atoms with Crippen LogP contribution in [0, 0.1) is 5.92 Å². The lowest BCUT2D eigenvalue weighted by Gasteiger charge is -2.22. The first kappa shape index (κ1) is 28.0. The van der Waals surface area contributed by atoms with E-state index in [0.29, 0.717) is 43.1 Å². The van der Waals surface area contributed by atoms with E-state index in [1.54, 1.807) is 23.9 Å². The predicted octanol–water partition coefficient (Wildman–Crippen LogP) is 4.24. The Balaban J connectivity index is 2.07. The van der Waals surface area contributed by atoms with Crippen LogP contribution >= 0.6 is 23.5 Å². The molecule has 0 fully saturated rings. The lowest BCUT2D eigenvalue weighted by Crippen LogP contribution is -2.46. The highest BCUT2D eigenvalue weighted by Gasteiger charge is 2.27. The maximum atomic E-state index is 13.3. The summed E-state index contributed by atoms with van der Waals surface area (Å²) in [6, 6.07) is 17.9. The normalized spacial score (nSPS) is 12.5. The summed E-state index contributed by atoms with van der Waals surface area (Å²) >= 11 is 2.72. The first-order valence-electron chi connectivity index (χ1n) is 11.3. The molecule has 2 aromatic rings. The van der Waals surface area contributed by atoms with E-state index in [-0.39, 0.29) is 17.6 Å². The molecule has 1 N–H and O–H groups in total. The first-order chi connectivity index (χ1) is 16.5. The van der Waals surface area contributed by atoms with Crippen molar-refractivity contribution in [1.82, 2.24) is 5.32 Å². The number of ether oxygens (including phenoxy) is 2. The van der Waals surface area contributed by atoms with Crippen molar-refractivity contribution in [2.75, 3.05) is 37.6 Å². The summed E-state index contributed by atoms with van der Waals surface area (Å²) in [5.74, 6) is -0.189. The van der Waals surface area contributed by atoms with Crippen molar-refractivity contribution in [2.24, 2.45) is 5.92 Å². The maximum absolute atomic E-state index is 13.3. The van der Waals surface area contributed by atoms with Crippen LogP contribution < -0.4 is 5.32 Å². The smallest absolute Gasteiger partial charge is 0.328 e. The van der Waals surface area contributed by atoms with Crippen molar-refractivity contribution in [3.8, 4) is 0 Å². The summed E-state index contributed by atoms with van der Waals surface area (Å²) in [5.41, 5.74) is 1.59. The molecule has 6 nitrogen and oxygen atoms in total. The zero-order valence-corrected chi connectivity index (χ0v) is 21.4. The Hall–Kier alpha value is -2.29. The summed E-state index contributed by atoms with van der Waals surface area (Å²) in [6.07, 6.45) is 2.88. The minimum Gasteiger partial charge on any atom is -0.462 e. The third-order valence-corrected chi connectivity index (χ3v) is 6.72. The number of carbonyl (C=O) groups excluding carboxylic acids is 3. The van der Waals surface area contributed by atoms with Crippen molar-refractivity contribution in [1.29, 1.82) is 0 Å². The molecule has 0 heterocycles. The van der Waals surface area contributed by atoms with Gasteiger partial charge < -0.3 is 14.8 Å². The molecule has 34 heavy (non-hydrogen) atoms. The fraction of sp³-hybridized carbons (Fsp3) is 0.423. The number of thioether (sulfide) groups is 2. The van der Waals surface area contributed by atoms with Crippen molar-refractivity contribution >= 4 is 40.5 Å². The minimum atomic E-state index is -0.741. The molecule has 0 aliphatic heterocycles. The van der Waals surface area contributed by atoms with Crippen LogP contribution in [0.1, 0.15) is 29.3 Å². The summed E-state index contributed by atoms with van der Waals surface area (Å²) in [6.45, 7) is 2.88. The number of hydrogen-bond acceptors (Lipinski definition) is 7. The van der Waals surface area contributed by atoms with E-state index in [1.807, 2.05) is 61.7 Å². The summed E-state index contributed by atoms with van der Waals surface area (Å²) in [4.78, 5) is 38.5. The van der Waals surface area contributed by atoms with Gasteiger partial charge in [-0.3, -0.25) is 9.59 Å². The van der Waals surface area contributed by atoms with Gasteiger partial charge in [-0.15, -0.1) is 0 Å². The number of benzene rings is 2. The average Bonchev–Trinajstić information content (AvgIpc) is 2.87. The van der Waals surface area contributed by atoms with Crippen molar-refractivity contribution in [3.05, 3.63) is 71.8 Å². The number of rotatable bonds is 15. The zero-order valence-electron chi connectivity index (χ0n) is 19.7. The van der Waals surface area contributed by atoms with Gasteiger partial charge in [-0.2, -0.15) is 11.8 Å². The fourth-order valence-corrected chi connectivity index (χ4v) is 4.58. The lowest BCUT2D eigenvalue weighted by molar-refractivity contribution is -0.149. The van der Waals surface area contributed by atoms with Gasteiger partial charge in [-0.05, 0) is 37.3 Å². The van der Waals surface area contributed by atoms with Gasteiger partial charge in [0.05, 0.1) is 12.5 Å². The minimum absolute atomic E-state index is 0.0827. The molecule has 1 amide bonds. The van der Waals surface area contributed by atoms with E-state index in [9.17, 15) is 14.4 Å². The summed E-state index contributed by atoms with van der Waals surface area (Å²) in [5, 5.41) is 2.80. The maximum Gasteiger partial charge on any atom is 0.328 e. The molecule has 0 saturated carbocycles. The summed E-state index contributed by atoms with van der Waals surface area (Å²) in [7, 11) is 0. The van der Waals surface area contributed by atoms with Crippen LogP contribution in [-0.2, 0) is 25.5 Å². The second-order valence-electron chi connectivity index (χ2n) is 7.56. The third-order valence-electron chi connectivity index (χ3n) is 5.01. The van der Waals surface area contributed by atoms with Crippen LogP contribution in [0.2, 0.25) is 0 Å². The van der Waals surface area contributed by atoms with Gasteiger partial charge in [0.25, 0.3) is 0 Å². The molecule has 0 aliphatic carbocycles. The Morgan fingerprint density at radius 1 is 0.971 bits per heavy atom. The Morgan fingerprint density at radius 2 is 1.65 bits per heavy atom. The van der Waals surface area contributed by atoms with Gasteiger partial charge in [0.1, 0.15) is 12.6 Å². The van der Waals surface area contributed by atoms with Gasteiger partial charge >= 0.3 is 5.97 Å². The molecule has 0 spiro atoms. The highest BCUT2D eigenvalue weighted by Crippen LogP contribution is 2.20. The number of hydrogen-bond donors (Lipinski definition) is 1. The van der Waals surface area contributed by atoms with Gasteiger partial charge in [-0.1, -0.05) is 72.4 Å². The van der Waals surface area contributed by atoms with Crippen molar-refractivity contribution in [3.63, 3.8) is 0 Å². The molecule has 0 bridgehead atoms. The molecule has 0 saturated heterocycles. The molecule has 2 atom stereocenters. The standard InChI is InChI=1S/C26H33NO5S2/c1-3-31-15-16-32-25(29)23(14-17-33-2)27-24(28)22(18-20-10-6-4-7-11-20)19-34-26(30)21-12-8-5-9-13-21/h4-13,22-23H,3,14-19H2,1-2H3,(H,27,28)/t22?,23-/m0/s1. The van der Waals surface area contributed by atoms with E-state index in [2.05, 4.69) is 5.32 Å². The van der Waals surface area contributed by atoms with E-state index < -0.39 is 17.9 Å². The van der Waals surface area contributed by atoms with E-state index in [0.717, 1.165) is 17.3 Å². The molecule has 0 radical (unpaired) electrons. The highest BCUT2D eigenvalue weighted by molar-refractivity contribution is 8.14. The molecule has 8 heteroatoms. The Bertz CT molecular complexity index is 879. The molecular formula is C26H33NO5S2. The molecule has 2 aromatic carbocycles. The third kappa shape index (κ3) is 10.3. The van der Waals surface area contributed by atoms with Gasteiger partial charge in [0.2, 0.25) is 11.0 Å². The molecule has 0 aliphatic rings. The topological polar surface area (TPSA) is 81.7 Å². The zero-order chi connectivity index (χ0) is 24.6. The van der Waals surface area contributed by atoms with Gasteiger partial charge in [-0.25, -0.2) is 4.79 Å². The van der Waals surface area contributed by atoms with Crippen LogP contribution in [0.15, 0.2) is 60.7 Å². The fourth-order valence-electron chi connectivity index (χ4n) is 3.18. The van der Waals surface area contributed by atoms with Crippen molar-refractivity contribution in [2.45, 2.75) is 25.8 Å². The molecule has 184 valence electrons. The van der Waals surface area contributed by atoms with Crippen molar-refractivity contribution < 1.29 is 23.9 Å². The second kappa shape index (κ2) is 16.4. The Morgan fingerprint density at radius 3 is 2.29 bits per heavy atom. The second-order valence-corrected chi connectivity index (χ2v) is 9.54. The SMILES string of the molecule is CCOCCOC(=O)[C@H](CCSC)NC(=O)C(CSC(=O)c1ccccc1)Cc1ccccc1. The number of esters is 1. The molecular weight excluding hydrogens is 470 g/mol.